The minimum Gasteiger partial charge on any atom is -0.365 e. The van der Waals surface area contributed by atoms with Gasteiger partial charge in [0.15, 0.2) is 20.5 Å². The summed E-state index contributed by atoms with van der Waals surface area (Å²) in [4.78, 5) is 88.5. The molecule has 43 heteroatoms. The number of nitrogens with zero attached hydrogens (tertiary/aromatic N) is 9. The summed E-state index contributed by atoms with van der Waals surface area (Å²) in [7, 11) is 12.8. The Morgan fingerprint density at radius 3 is 1.15 bits per heavy atom. The molecule has 0 saturated carbocycles. The van der Waals surface area contributed by atoms with E-state index in [0.717, 1.165) is 75.3 Å². The number of sulfonamides is 3. The van der Waals surface area contributed by atoms with Gasteiger partial charge in [0.2, 0.25) is 12.0 Å². The van der Waals surface area contributed by atoms with E-state index in [-0.39, 0.29) is 45.2 Å². The average molecular weight is 2110 g/mol. The Bertz CT molecular complexity index is 7030. The van der Waals surface area contributed by atoms with E-state index >= 15 is 0 Å². The molecule has 9 aromatic rings. The first-order valence-corrected chi connectivity index (χ1v) is 63.5. The minimum absolute atomic E-state index is 0.000274. The summed E-state index contributed by atoms with van der Waals surface area (Å²) in [5.74, 6) is -3.04. The van der Waals surface area contributed by atoms with Crippen LogP contribution in [-0.2, 0) is 214 Å². The molecule has 14 aliphatic rings. The number of carbonyl (C=O) groups excluding carboxylic acids is 6. The first-order valence-electron chi connectivity index (χ1n) is 40.0. The first-order chi connectivity index (χ1) is 62.5. The molecule has 11 aliphatic heterocycles. The lowest BCUT2D eigenvalue weighted by Gasteiger charge is -2.53. The fourth-order valence-electron chi connectivity index (χ4n) is 21.2. The zero-order valence-electron chi connectivity index (χ0n) is 68.0. The zero-order chi connectivity index (χ0) is 91.2. The van der Waals surface area contributed by atoms with Gasteiger partial charge in [-0.1, -0.05) is 222 Å². The van der Waals surface area contributed by atoms with Gasteiger partial charge in [0.05, 0.1) is 48.0 Å². The zero-order valence-corrected chi connectivity index (χ0v) is 84.5. The predicted molar refractivity (Wildman–Crippen MR) is 544 cm³/mol. The van der Waals surface area contributed by atoms with Crippen LogP contribution in [0.1, 0.15) is 69.3 Å². The van der Waals surface area contributed by atoms with Crippen LogP contribution in [0.25, 0.3) is 16.7 Å². The quantitative estimate of drug-likeness (QED) is 0.0773. The molecule has 23 rings (SSSR count). The van der Waals surface area contributed by atoms with Crippen molar-refractivity contribution in [1.82, 2.24) is 29.4 Å². The van der Waals surface area contributed by atoms with Crippen LogP contribution in [0, 0.1) is 0 Å². The summed E-state index contributed by atoms with van der Waals surface area (Å²) < 4.78 is 90.7. The monoisotopic (exact) mass is 2110 g/mol. The number of amides is 6. The van der Waals surface area contributed by atoms with Crippen molar-refractivity contribution in [2.45, 2.75) is 120 Å². The number of thiol groups is 2. The number of anilines is 3. The van der Waals surface area contributed by atoms with Crippen LogP contribution in [0.3, 0.4) is 0 Å². The van der Waals surface area contributed by atoms with Crippen LogP contribution in [0.2, 0.25) is 0 Å². The number of allylic oxidation sites excluding steroid dienone is 3. The van der Waals surface area contributed by atoms with Gasteiger partial charge >= 0.3 is 0 Å². The molecule has 130 heavy (non-hydrogen) atoms. The van der Waals surface area contributed by atoms with Gasteiger partial charge in [0.1, 0.15) is 18.5 Å². The van der Waals surface area contributed by atoms with Crippen LogP contribution in [0.15, 0.2) is 270 Å². The van der Waals surface area contributed by atoms with E-state index in [1.807, 2.05) is 97.1 Å². The molecule has 2 N–H and O–H groups in total. The number of hydrogen-bond acceptors (Lipinski definition) is 20. The molecule has 23 nitrogen and oxygen atoms in total. The number of aliphatic hydroxyl groups is 2. The number of piperazine rings is 3. The molecular weight excluding hydrogens is 2040 g/mol. The van der Waals surface area contributed by atoms with Crippen LogP contribution < -0.4 is 12.9 Å². The molecule has 0 radical (unpaired) electrons. The van der Waals surface area contributed by atoms with Crippen molar-refractivity contribution >= 4 is 266 Å². The molecular formula is C87H73N9O14S20. The second-order valence-corrected chi connectivity index (χ2v) is 60.9. The van der Waals surface area contributed by atoms with Crippen molar-refractivity contribution in [1.29, 1.82) is 0 Å². The van der Waals surface area contributed by atoms with Crippen LogP contribution in [0.5, 0.6) is 0 Å². The minimum atomic E-state index is -4.31. The Hall–Kier alpha value is -7.55. The summed E-state index contributed by atoms with van der Waals surface area (Å²) in [6, 6.07) is 70.1. The number of aliphatic hydroxyl groups excluding tert-OH is 1. The molecule has 11 heterocycles. The van der Waals surface area contributed by atoms with Gasteiger partial charge in [0.25, 0.3) is 65.5 Å². The predicted octanol–water partition coefficient (Wildman–Crippen LogP) is 9.69. The Kier molecular flexibility index (Phi) is 24.6. The second kappa shape index (κ2) is 35.0. The molecule has 6 amide bonds. The van der Waals surface area contributed by atoms with Crippen molar-refractivity contribution in [3.8, 4) is 0 Å². The summed E-state index contributed by atoms with van der Waals surface area (Å²) in [6.07, 6.45) is 3.18. The molecule has 0 unspecified atom stereocenters. The van der Waals surface area contributed by atoms with E-state index in [2.05, 4.69) is 43.0 Å². The SMILES string of the molecule is CN1C(=O)[C@@]2(S)C[C@]3(C4=CCc5ccccc54)c4ccccc4N(S(=O)(=O)c4ccccc4)[C@@H]3N2C(=O)[C@@H]1S.CN1C(=O)[C@@]23C[C@]4(C5=CCc6ccccc65)c5ccccc5N(S(=O)(=O)c5ccccc5)[C@@H]4N2C(=O)[C@@H]1SS3.CN1C(=O)[C@]2(O)C[C@]3(C4=CCc5ccccc54)c4ccccc4N(S(=O)(=O)c4ccccc4)[C@@H]3N2C(=O)[C@H]1O.S=S=S=S=S=S=S=S=S=S=S=S=S. The van der Waals surface area contributed by atoms with Gasteiger partial charge < -0.3 is 24.9 Å². The fourth-order valence-corrected chi connectivity index (χ4v) is 55.2. The van der Waals surface area contributed by atoms with Gasteiger partial charge in [0, 0.05) is 160 Å². The third-order valence-corrected chi connectivity index (χ3v) is 58.1. The molecule has 3 aliphatic carbocycles. The van der Waals surface area contributed by atoms with Gasteiger partial charge in [-0.15, -0.1) is 25.3 Å². The third-order valence-electron chi connectivity index (χ3n) is 26.2. The highest BCUT2D eigenvalue weighted by atomic mass is 33.5. The van der Waals surface area contributed by atoms with Gasteiger partial charge in [-0.05, 0) is 141 Å². The molecule has 9 aromatic carbocycles. The number of benzene rings is 9. The van der Waals surface area contributed by atoms with E-state index in [1.165, 1.54) is 88.9 Å². The average Bonchev–Trinajstić information content (AvgIpc) is 1.48. The molecule has 670 valence electrons. The number of hydrogen-bond donors (Lipinski definition) is 4. The maximum atomic E-state index is 14.5. The standard InChI is InChI=1S/C29H25N3O6S.C29H23N3O4S3.C29H25N3O4S3.S13/c1-30-24(33)25(34)31-26-28(17-29(31,36)27(30)35,21-16-15-18-9-5-6-12-20(18)21)22-13-7-8-14-23(22)32(26)39(37,38)19-10-3-2-4-11-19;1-30-25-24(33)31-26-28(17-29(31,27(30)34)38-37-25,21-16-15-18-9-5-6-12-20(18)21)22-13-7-8-14-23(22)32(26)39(35,36)19-10-3-2-4-11-19;1-30-25(37)24(33)31-26-28(17-29(31,38)27(30)34,21-16-15-18-9-5-6-12-20(18)21)22-13-7-8-14-23(22)32(26)39(35,36)19-10-3-2-4-11-19;1-3-5-7-9-11-13-12-10-8-6-4-2/h2-14,16,24,26,33,36H,15,17H2,1H3;2-14,16,25-26H,15,17H2,1H3;2-14,16,25-26,37-38H,15,17H2,1H3;/t24-,26+,28+,29-;2*25-,26-,28-,29-;/m100./s1. The molecule has 8 saturated heterocycles. The van der Waals surface area contributed by atoms with E-state index in [4.69, 9.17) is 35.0 Å². The lowest BCUT2D eigenvalue weighted by Crippen LogP contribution is -2.72. The van der Waals surface area contributed by atoms with Gasteiger partial charge in [-0.25, -0.2) is 38.2 Å². The Morgan fingerprint density at radius 2 is 0.738 bits per heavy atom. The van der Waals surface area contributed by atoms with Gasteiger partial charge in [-0.3, -0.25) is 43.5 Å². The second-order valence-electron chi connectivity index (χ2n) is 32.2. The Morgan fingerprint density at radius 1 is 0.392 bits per heavy atom. The van der Waals surface area contributed by atoms with Gasteiger partial charge in [-0.2, -0.15) is 0 Å². The largest absolute Gasteiger partial charge is 0.365 e. The molecule has 12 atom stereocenters. The smallest absolute Gasteiger partial charge is 0.278 e. The number of carbonyl (C=O) groups is 6. The highest BCUT2D eigenvalue weighted by Crippen LogP contribution is 2.73. The van der Waals surface area contributed by atoms with Crippen LogP contribution >= 0.6 is 46.8 Å². The fraction of sp³-hybridized carbons (Fsp3) is 0.241. The van der Waals surface area contributed by atoms with Crippen molar-refractivity contribution in [3.05, 3.63) is 305 Å². The molecule has 1 spiro atoms. The summed E-state index contributed by atoms with van der Waals surface area (Å²) in [6.45, 7) is 0. The summed E-state index contributed by atoms with van der Waals surface area (Å²) in [5, 5.41) is 21.0. The Balaban J connectivity index is 0.000000118. The number of para-hydroxylation sites is 3. The summed E-state index contributed by atoms with van der Waals surface area (Å²) in [5.41, 5.74) is 6.74. The van der Waals surface area contributed by atoms with Crippen LogP contribution in [0.4, 0.5) is 17.1 Å². The normalized spacial score (nSPS) is 27.3. The highest BCUT2D eigenvalue weighted by Gasteiger charge is 2.80. The maximum absolute atomic E-state index is 14.5. The lowest BCUT2D eigenvalue weighted by atomic mass is 9.70. The van der Waals surface area contributed by atoms with Crippen molar-refractivity contribution in [3.63, 3.8) is 0 Å². The Labute approximate surface area is 810 Å². The van der Waals surface area contributed by atoms with Crippen molar-refractivity contribution in [2.24, 2.45) is 0 Å². The number of rotatable bonds is 9. The molecule has 0 aromatic heterocycles. The lowest BCUT2D eigenvalue weighted by molar-refractivity contribution is -0.207. The summed E-state index contributed by atoms with van der Waals surface area (Å²) >= 11 is 18.8. The van der Waals surface area contributed by atoms with E-state index in [0.29, 0.717) is 48.3 Å². The van der Waals surface area contributed by atoms with E-state index in [9.17, 15) is 64.2 Å². The topological polar surface area (TPSA) is 274 Å². The van der Waals surface area contributed by atoms with Crippen LogP contribution in [-0.4, -0.2) is 172 Å². The third kappa shape index (κ3) is 13.8. The van der Waals surface area contributed by atoms with E-state index in [1.54, 1.807) is 207 Å². The van der Waals surface area contributed by atoms with E-state index < -0.39 is 115 Å². The number of fused-ring (bicyclic) bond motifs is 18. The first kappa shape index (κ1) is 91.6. The molecule has 8 fully saturated rings. The van der Waals surface area contributed by atoms with Crippen molar-refractivity contribution < 1.29 is 64.2 Å². The molecule has 2 bridgehead atoms. The maximum Gasteiger partial charge on any atom is 0.278 e. The highest BCUT2D eigenvalue weighted by molar-refractivity contribution is 8.78. The number of likely N-dealkylation sites (N-methyl/N-ethyl adjacent to an activating group) is 3. The van der Waals surface area contributed by atoms with Crippen molar-refractivity contribution in [2.75, 3.05) is 34.1 Å².